The Morgan fingerprint density at radius 3 is 2.34 bits per heavy atom. The minimum atomic E-state index is 0.853. The Morgan fingerprint density at radius 2 is 1.37 bits per heavy atom. The highest BCUT2D eigenvalue weighted by Gasteiger charge is 2.30. The zero-order valence-electron chi connectivity index (χ0n) is 18.8. The fourth-order valence-electron chi connectivity index (χ4n) is 6.56. The fraction of sp³-hybridized carbons (Fsp3) is 0.0645. The van der Waals surface area contributed by atoms with Gasteiger partial charge in [-0.05, 0) is 87.7 Å². The van der Waals surface area contributed by atoms with E-state index in [9.17, 15) is 0 Å². The Labute approximate surface area is 200 Å². The van der Waals surface area contributed by atoms with Gasteiger partial charge in [0.05, 0.1) is 0 Å². The summed E-state index contributed by atoms with van der Waals surface area (Å²) in [5.74, 6) is 0. The maximum absolute atomic E-state index is 5.02. The van der Waals surface area contributed by atoms with Crippen molar-refractivity contribution in [2.75, 3.05) is 0 Å². The summed E-state index contributed by atoms with van der Waals surface area (Å²) in [7, 11) is 0. The van der Waals surface area contributed by atoms with E-state index in [1.54, 1.807) is 0 Å². The normalized spacial score (nSPS) is 13.5. The van der Waals surface area contributed by atoms with Crippen LogP contribution in [0.15, 0.2) is 85.2 Å². The van der Waals surface area contributed by atoms with Crippen molar-refractivity contribution in [2.45, 2.75) is 12.8 Å². The van der Waals surface area contributed by atoms with Crippen molar-refractivity contribution in [2.24, 2.45) is 0 Å². The maximum Gasteiger partial charge on any atom is 0.166 e. The summed E-state index contributed by atoms with van der Waals surface area (Å²) >= 11 is 0. The molecule has 0 saturated carbocycles. The molecule has 2 aliphatic carbocycles. The number of aromatic nitrogens is 4. The van der Waals surface area contributed by atoms with Gasteiger partial charge < -0.3 is 0 Å². The van der Waals surface area contributed by atoms with Gasteiger partial charge in [0.2, 0.25) is 0 Å². The molecule has 2 aliphatic rings. The van der Waals surface area contributed by atoms with E-state index in [0.29, 0.717) is 0 Å². The molecule has 162 valence electrons. The van der Waals surface area contributed by atoms with E-state index in [2.05, 4.69) is 64.0 Å². The smallest absolute Gasteiger partial charge is 0.166 e. The Hall–Kier alpha value is -4.57. The second-order valence-electron chi connectivity index (χ2n) is 9.64. The fourth-order valence-corrected chi connectivity index (χ4v) is 6.56. The lowest BCUT2D eigenvalue weighted by Gasteiger charge is -2.11. The number of imidazole rings is 1. The van der Waals surface area contributed by atoms with E-state index in [1.165, 1.54) is 49.9 Å². The molecule has 0 amide bonds. The number of nitrogens with zero attached hydrogens (tertiary/aromatic N) is 4. The Kier molecular flexibility index (Phi) is 3.11. The summed E-state index contributed by atoms with van der Waals surface area (Å²) in [6.45, 7) is 0. The van der Waals surface area contributed by atoms with Crippen LogP contribution in [0.5, 0.6) is 0 Å². The largest absolute Gasteiger partial charge is 0.260 e. The number of hydrogen-bond acceptors (Lipinski definition) is 3. The van der Waals surface area contributed by atoms with Crippen LogP contribution in [0.4, 0.5) is 0 Å². The van der Waals surface area contributed by atoms with Gasteiger partial charge in [-0.2, -0.15) is 0 Å². The molecule has 35 heavy (non-hydrogen) atoms. The predicted octanol–water partition coefficient (Wildman–Crippen LogP) is 6.73. The first kappa shape index (κ1) is 17.8. The van der Waals surface area contributed by atoms with Crippen molar-refractivity contribution in [3.63, 3.8) is 0 Å². The monoisotopic (exact) mass is 446 g/mol. The number of pyridine rings is 3. The highest BCUT2D eigenvalue weighted by molar-refractivity contribution is 6.16. The summed E-state index contributed by atoms with van der Waals surface area (Å²) in [5.41, 5.74) is 14.9. The molecule has 4 heterocycles. The van der Waals surface area contributed by atoms with Gasteiger partial charge in [0.15, 0.2) is 5.65 Å². The van der Waals surface area contributed by atoms with Crippen LogP contribution in [0.25, 0.3) is 60.9 Å². The predicted molar refractivity (Wildman–Crippen MR) is 140 cm³/mol. The summed E-state index contributed by atoms with van der Waals surface area (Å²) in [6, 6.07) is 26.3. The molecule has 0 N–H and O–H groups in total. The summed E-state index contributed by atoms with van der Waals surface area (Å²) in [6.07, 6.45) is 5.65. The highest BCUT2D eigenvalue weighted by Crippen LogP contribution is 2.50. The first-order chi connectivity index (χ1) is 17.4. The molecule has 4 nitrogen and oxygen atoms in total. The van der Waals surface area contributed by atoms with Crippen molar-refractivity contribution < 1.29 is 0 Å². The van der Waals surface area contributed by atoms with Crippen LogP contribution >= 0.6 is 0 Å². The molecule has 0 radical (unpaired) electrons. The third kappa shape index (κ3) is 2.11. The van der Waals surface area contributed by atoms with E-state index in [1.807, 2.05) is 30.6 Å². The molecule has 0 saturated heterocycles. The van der Waals surface area contributed by atoms with Gasteiger partial charge in [0.1, 0.15) is 16.8 Å². The SMILES string of the molecule is c1ccc2c(c1)Cc1ccc3c(c1-2)Cc1c-3ccc2c1c1cccnc1n1c3ncccc3nc21. The second kappa shape index (κ2) is 6.10. The van der Waals surface area contributed by atoms with Gasteiger partial charge in [-0.15, -0.1) is 0 Å². The molecule has 0 spiro atoms. The van der Waals surface area contributed by atoms with Crippen LogP contribution in [0.3, 0.4) is 0 Å². The standard InChI is InChI=1S/C31H18N4/c1-2-6-19-17(5-1)15-18-9-10-20-21-11-12-23-28(25(21)16-24(20)27(18)19)22-7-3-13-32-29(22)35-30(23)34-26-8-4-14-33-31(26)35/h1-14H,15-16H2. The molecule has 3 aromatic carbocycles. The first-order valence-electron chi connectivity index (χ1n) is 12.1. The summed E-state index contributed by atoms with van der Waals surface area (Å²) < 4.78 is 2.12. The van der Waals surface area contributed by atoms with Crippen LogP contribution in [0.2, 0.25) is 0 Å². The lowest BCUT2D eigenvalue weighted by molar-refractivity contribution is 1.19. The molecule has 0 unspecified atom stereocenters. The lowest BCUT2D eigenvalue weighted by Crippen LogP contribution is -1.97. The van der Waals surface area contributed by atoms with Crippen molar-refractivity contribution in [3.05, 3.63) is 107 Å². The molecule has 4 aromatic heterocycles. The van der Waals surface area contributed by atoms with Crippen molar-refractivity contribution in [1.82, 2.24) is 19.4 Å². The van der Waals surface area contributed by atoms with Gasteiger partial charge >= 0.3 is 0 Å². The third-order valence-electron chi connectivity index (χ3n) is 7.95. The minimum Gasteiger partial charge on any atom is -0.260 e. The molecule has 9 rings (SSSR count). The summed E-state index contributed by atoms with van der Waals surface area (Å²) in [5, 5.41) is 3.58. The molecular formula is C31H18N4. The van der Waals surface area contributed by atoms with Crippen LogP contribution in [-0.4, -0.2) is 19.4 Å². The van der Waals surface area contributed by atoms with Crippen molar-refractivity contribution in [1.29, 1.82) is 0 Å². The van der Waals surface area contributed by atoms with E-state index in [0.717, 1.165) is 46.1 Å². The summed E-state index contributed by atoms with van der Waals surface area (Å²) in [4.78, 5) is 14.5. The van der Waals surface area contributed by atoms with Gasteiger partial charge in [-0.25, -0.2) is 15.0 Å². The average molecular weight is 447 g/mol. The van der Waals surface area contributed by atoms with Crippen molar-refractivity contribution in [3.8, 4) is 22.3 Å². The molecule has 4 heteroatoms. The molecule has 0 bridgehead atoms. The number of benzene rings is 3. The number of fused-ring (bicyclic) bond motifs is 16. The van der Waals surface area contributed by atoms with E-state index in [-0.39, 0.29) is 0 Å². The Balaban J connectivity index is 1.42. The topological polar surface area (TPSA) is 43.1 Å². The lowest BCUT2D eigenvalue weighted by atomic mass is 9.95. The van der Waals surface area contributed by atoms with E-state index >= 15 is 0 Å². The second-order valence-corrected chi connectivity index (χ2v) is 9.64. The maximum atomic E-state index is 5.02. The zero-order valence-corrected chi connectivity index (χ0v) is 18.8. The highest BCUT2D eigenvalue weighted by atomic mass is 15.1. The van der Waals surface area contributed by atoms with Crippen LogP contribution < -0.4 is 0 Å². The Morgan fingerprint density at radius 1 is 0.571 bits per heavy atom. The molecule has 0 fully saturated rings. The Bertz CT molecular complexity index is 2070. The van der Waals surface area contributed by atoms with Gasteiger partial charge in [0.25, 0.3) is 0 Å². The van der Waals surface area contributed by atoms with Crippen LogP contribution in [0, 0.1) is 0 Å². The quantitative estimate of drug-likeness (QED) is 0.243. The van der Waals surface area contributed by atoms with Crippen molar-refractivity contribution >= 4 is 38.6 Å². The molecular weight excluding hydrogens is 428 g/mol. The number of hydrogen-bond donors (Lipinski definition) is 0. The number of rotatable bonds is 0. The molecule has 0 atom stereocenters. The van der Waals surface area contributed by atoms with E-state index < -0.39 is 0 Å². The van der Waals surface area contributed by atoms with Gasteiger partial charge in [0, 0.05) is 28.6 Å². The first-order valence-corrected chi connectivity index (χ1v) is 12.1. The minimum absolute atomic E-state index is 0.853. The zero-order chi connectivity index (χ0) is 22.7. The molecule has 7 aromatic rings. The van der Waals surface area contributed by atoms with Crippen LogP contribution in [0.1, 0.15) is 22.3 Å². The van der Waals surface area contributed by atoms with Gasteiger partial charge in [-0.3, -0.25) is 4.40 Å². The van der Waals surface area contributed by atoms with E-state index in [4.69, 9.17) is 9.97 Å². The third-order valence-corrected chi connectivity index (χ3v) is 7.95. The molecule has 0 aliphatic heterocycles. The van der Waals surface area contributed by atoms with Gasteiger partial charge in [-0.1, -0.05) is 42.5 Å². The van der Waals surface area contributed by atoms with Crippen LogP contribution in [-0.2, 0) is 12.8 Å². The average Bonchev–Trinajstić information content (AvgIpc) is 3.59.